The molecule has 3 heterocycles. The number of ether oxygens (including phenoxy) is 2. The van der Waals surface area contributed by atoms with Crippen molar-refractivity contribution in [2.75, 3.05) is 64.9 Å². The number of rotatable bonds is 9. The molecule has 0 radical (unpaired) electrons. The summed E-state index contributed by atoms with van der Waals surface area (Å²) in [6.45, 7) is 4.36. The fourth-order valence-corrected chi connectivity index (χ4v) is 6.18. The lowest BCUT2D eigenvalue weighted by molar-refractivity contribution is -0.384. The number of nitro groups is 1. The van der Waals surface area contributed by atoms with E-state index < -0.39 is 10.8 Å². The van der Waals surface area contributed by atoms with Crippen molar-refractivity contribution in [2.24, 2.45) is 5.92 Å². The van der Waals surface area contributed by atoms with Crippen LogP contribution in [0.3, 0.4) is 0 Å². The first kappa shape index (κ1) is 27.7. The zero-order valence-electron chi connectivity index (χ0n) is 23.1. The first-order chi connectivity index (χ1) is 19.4. The Kier molecular flexibility index (Phi) is 8.39. The third-order valence-corrected chi connectivity index (χ3v) is 8.31. The summed E-state index contributed by atoms with van der Waals surface area (Å²) in [4.78, 5) is 43.8. The number of nitrogens with zero attached hydrogens (tertiary/aromatic N) is 4. The number of fused-ring (bicyclic) bond motifs is 3. The number of nitro benzene ring substituents is 1. The van der Waals surface area contributed by atoms with Gasteiger partial charge in [-0.25, -0.2) is 0 Å². The van der Waals surface area contributed by atoms with Crippen LogP contribution in [0.25, 0.3) is 0 Å². The molecular weight excluding hydrogens is 514 g/mol. The summed E-state index contributed by atoms with van der Waals surface area (Å²) in [5, 5.41) is 14.6. The summed E-state index contributed by atoms with van der Waals surface area (Å²) < 4.78 is 10.7. The predicted octanol–water partition coefficient (Wildman–Crippen LogP) is 2.26. The Morgan fingerprint density at radius 2 is 1.80 bits per heavy atom. The van der Waals surface area contributed by atoms with Crippen molar-refractivity contribution in [2.45, 2.75) is 31.7 Å². The molecule has 3 aliphatic heterocycles. The van der Waals surface area contributed by atoms with E-state index in [9.17, 15) is 19.7 Å². The summed E-state index contributed by atoms with van der Waals surface area (Å²) >= 11 is 0. The Morgan fingerprint density at radius 3 is 2.52 bits per heavy atom. The molecule has 0 spiro atoms. The van der Waals surface area contributed by atoms with Crippen LogP contribution in [0.4, 0.5) is 11.4 Å². The average Bonchev–Trinajstić information content (AvgIpc) is 3.51. The molecule has 2 aromatic carbocycles. The van der Waals surface area contributed by atoms with Crippen LogP contribution in [-0.4, -0.2) is 92.6 Å². The Bertz CT molecular complexity index is 1260. The van der Waals surface area contributed by atoms with Crippen LogP contribution in [-0.2, 0) is 22.4 Å². The number of likely N-dealkylation sites (tertiary alicyclic amines) is 1. The van der Waals surface area contributed by atoms with Crippen molar-refractivity contribution in [3.63, 3.8) is 0 Å². The Labute approximate surface area is 234 Å². The minimum absolute atomic E-state index is 0.0275. The van der Waals surface area contributed by atoms with E-state index in [4.69, 9.17) is 9.47 Å². The molecule has 11 heteroatoms. The number of hydrogen-bond acceptors (Lipinski definition) is 8. The number of piperazine rings is 1. The number of hydrogen-bond donors (Lipinski definition) is 1. The molecule has 3 aliphatic rings. The van der Waals surface area contributed by atoms with Crippen LogP contribution in [0.2, 0.25) is 0 Å². The van der Waals surface area contributed by atoms with Gasteiger partial charge >= 0.3 is 0 Å². The SMILES string of the molecule is COc1ccc(CCNC(=O)[C@H]2Cc3cc([N+](=O)[O-])ccc3N3CCN(CC(=O)N4CCCC4)C[C@@H]23)cc1OC. The fourth-order valence-electron chi connectivity index (χ4n) is 6.18. The second kappa shape index (κ2) is 12.1. The number of anilines is 1. The molecule has 2 amide bonds. The topological polar surface area (TPSA) is 117 Å². The Morgan fingerprint density at radius 1 is 1.02 bits per heavy atom. The number of methoxy groups -OCH3 is 2. The molecule has 2 fully saturated rings. The van der Waals surface area contributed by atoms with Gasteiger partial charge in [-0.15, -0.1) is 0 Å². The first-order valence-electron chi connectivity index (χ1n) is 13.9. The average molecular weight is 552 g/mol. The summed E-state index contributed by atoms with van der Waals surface area (Å²) in [7, 11) is 3.18. The maximum atomic E-state index is 13.6. The molecule has 11 nitrogen and oxygen atoms in total. The normalized spacial score (nSPS) is 20.4. The lowest BCUT2D eigenvalue weighted by Gasteiger charge is -2.49. The Balaban J connectivity index is 1.30. The summed E-state index contributed by atoms with van der Waals surface area (Å²) in [6, 6.07) is 10.5. The summed E-state index contributed by atoms with van der Waals surface area (Å²) in [6.07, 6.45) is 3.13. The standard InChI is InChI=1S/C29H37N5O6/c1-39-26-8-5-20(15-27(26)40-2)9-10-30-29(36)23-17-21-16-22(34(37)38)6-7-24(21)33-14-13-31(18-25(23)33)19-28(35)32-11-3-4-12-32/h5-8,15-16,23,25H,3-4,9-14,17-19H2,1-2H3,(H,30,36)/t23-,25-/m0/s1. The summed E-state index contributed by atoms with van der Waals surface area (Å²) in [5.41, 5.74) is 2.79. The highest BCUT2D eigenvalue weighted by molar-refractivity contribution is 5.82. The van der Waals surface area contributed by atoms with Gasteiger partial charge in [0.05, 0.1) is 37.6 Å². The van der Waals surface area contributed by atoms with E-state index in [1.807, 2.05) is 23.1 Å². The van der Waals surface area contributed by atoms with Gasteiger partial charge in [-0.3, -0.25) is 24.6 Å². The van der Waals surface area contributed by atoms with E-state index in [2.05, 4.69) is 15.1 Å². The van der Waals surface area contributed by atoms with E-state index in [1.165, 1.54) is 6.07 Å². The van der Waals surface area contributed by atoms with Crippen molar-refractivity contribution < 1.29 is 24.0 Å². The monoisotopic (exact) mass is 551 g/mol. The summed E-state index contributed by atoms with van der Waals surface area (Å²) in [5.74, 6) is 0.951. The van der Waals surface area contributed by atoms with Gasteiger partial charge in [0, 0.05) is 57.1 Å². The molecule has 5 rings (SSSR count). The van der Waals surface area contributed by atoms with Gasteiger partial charge in [0.2, 0.25) is 11.8 Å². The van der Waals surface area contributed by atoms with Gasteiger partial charge < -0.3 is 24.6 Å². The lowest BCUT2D eigenvalue weighted by atomic mass is 9.83. The number of non-ortho nitro benzene ring substituents is 1. The predicted molar refractivity (Wildman–Crippen MR) is 150 cm³/mol. The van der Waals surface area contributed by atoms with Crippen molar-refractivity contribution in [3.05, 3.63) is 57.6 Å². The molecule has 0 aliphatic carbocycles. The van der Waals surface area contributed by atoms with Crippen LogP contribution < -0.4 is 19.7 Å². The number of nitrogens with one attached hydrogen (secondary N) is 1. The van der Waals surface area contributed by atoms with Gasteiger partial charge in [-0.05, 0) is 55.0 Å². The molecule has 0 saturated carbocycles. The van der Waals surface area contributed by atoms with E-state index in [0.29, 0.717) is 57.1 Å². The molecule has 0 bridgehead atoms. The third-order valence-electron chi connectivity index (χ3n) is 8.31. The van der Waals surface area contributed by atoms with Crippen LogP contribution in [0.1, 0.15) is 24.0 Å². The smallest absolute Gasteiger partial charge is 0.269 e. The van der Waals surface area contributed by atoms with Gasteiger partial charge in [0.15, 0.2) is 11.5 Å². The quantitative estimate of drug-likeness (QED) is 0.373. The van der Waals surface area contributed by atoms with Crippen molar-refractivity contribution >= 4 is 23.2 Å². The molecule has 2 saturated heterocycles. The van der Waals surface area contributed by atoms with Gasteiger partial charge in [0.25, 0.3) is 5.69 Å². The van der Waals surface area contributed by atoms with E-state index in [0.717, 1.165) is 42.7 Å². The minimum Gasteiger partial charge on any atom is -0.493 e. The number of benzene rings is 2. The van der Waals surface area contributed by atoms with Gasteiger partial charge in [-0.1, -0.05) is 6.07 Å². The van der Waals surface area contributed by atoms with Crippen LogP contribution >= 0.6 is 0 Å². The van der Waals surface area contributed by atoms with Gasteiger partial charge in [0.1, 0.15) is 0 Å². The molecule has 0 unspecified atom stereocenters. The van der Waals surface area contributed by atoms with E-state index in [1.54, 1.807) is 26.4 Å². The lowest BCUT2D eigenvalue weighted by Crippen LogP contribution is -2.62. The maximum absolute atomic E-state index is 13.6. The van der Waals surface area contributed by atoms with Crippen molar-refractivity contribution in [1.82, 2.24) is 15.1 Å². The number of carbonyl (C=O) groups excluding carboxylic acids is 2. The molecular formula is C29H37N5O6. The maximum Gasteiger partial charge on any atom is 0.269 e. The van der Waals surface area contributed by atoms with Crippen LogP contribution in [0.15, 0.2) is 36.4 Å². The number of amides is 2. The van der Waals surface area contributed by atoms with Crippen LogP contribution in [0, 0.1) is 16.0 Å². The fraction of sp³-hybridized carbons (Fsp3) is 0.517. The third kappa shape index (κ3) is 5.84. The zero-order chi connectivity index (χ0) is 28.2. The van der Waals surface area contributed by atoms with E-state index >= 15 is 0 Å². The first-order valence-corrected chi connectivity index (χ1v) is 13.9. The Hall–Kier alpha value is -3.86. The van der Waals surface area contributed by atoms with E-state index in [-0.39, 0.29) is 23.5 Å². The van der Waals surface area contributed by atoms with Gasteiger partial charge in [-0.2, -0.15) is 0 Å². The molecule has 2 aromatic rings. The number of carbonyl (C=O) groups is 2. The second-order valence-corrected chi connectivity index (χ2v) is 10.7. The molecule has 40 heavy (non-hydrogen) atoms. The minimum atomic E-state index is -0.399. The highest BCUT2D eigenvalue weighted by atomic mass is 16.6. The van der Waals surface area contributed by atoms with Crippen molar-refractivity contribution in [1.29, 1.82) is 0 Å². The molecule has 214 valence electrons. The zero-order valence-corrected chi connectivity index (χ0v) is 23.1. The van der Waals surface area contributed by atoms with Crippen LogP contribution in [0.5, 0.6) is 11.5 Å². The largest absolute Gasteiger partial charge is 0.493 e. The van der Waals surface area contributed by atoms with Crippen molar-refractivity contribution in [3.8, 4) is 11.5 Å². The molecule has 2 atom stereocenters. The highest BCUT2D eigenvalue weighted by Gasteiger charge is 2.42. The second-order valence-electron chi connectivity index (χ2n) is 10.7. The molecule has 0 aromatic heterocycles. The highest BCUT2D eigenvalue weighted by Crippen LogP contribution is 2.38. The molecule has 1 N–H and O–H groups in total.